The highest BCUT2D eigenvalue weighted by molar-refractivity contribution is 5.48. The largest absolute Gasteiger partial charge is 0.390 e. The Bertz CT molecular complexity index is 410. The quantitative estimate of drug-likeness (QED) is 0.756. The van der Waals surface area contributed by atoms with Crippen molar-refractivity contribution in [3.05, 3.63) is 42.0 Å². The number of hydrogen-bond acceptors (Lipinski definition) is 3. The average molecular weight is 288 g/mol. The van der Waals surface area contributed by atoms with E-state index in [2.05, 4.69) is 41.4 Å². The van der Waals surface area contributed by atoms with Gasteiger partial charge in [0, 0.05) is 19.6 Å². The lowest BCUT2D eigenvalue weighted by molar-refractivity contribution is 0.0915. The molecule has 1 heterocycles. The van der Waals surface area contributed by atoms with Crippen LogP contribution >= 0.6 is 0 Å². The van der Waals surface area contributed by atoms with Gasteiger partial charge in [-0.1, -0.05) is 49.4 Å². The van der Waals surface area contributed by atoms with Gasteiger partial charge in [0.2, 0.25) is 0 Å². The molecule has 1 aliphatic rings. The van der Waals surface area contributed by atoms with Crippen molar-refractivity contribution >= 4 is 6.08 Å². The van der Waals surface area contributed by atoms with Crippen molar-refractivity contribution in [2.24, 2.45) is 5.92 Å². The van der Waals surface area contributed by atoms with Gasteiger partial charge in [0.1, 0.15) is 0 Å². The van der Waals surface area contributed by atoms with Crippen LogP contribution in [0.4, 0.5) is 0 Å². The molecule has 0 radical (unpaired) electrons. The molecule has 3 nitrogen and oxygen atoms in total. The molecule has 2 N–H and O–H groups in total. The molecule has 1 aliphatic heterocycles. The number of aliphatic hydroxyl groups excluding tert-OH is 1. The summed E-state index contributed by atoms with van der Waals surface area (Å²) in [5.41, 5.74) is 1.21. The average Bonchev–Trinajstić information content (AvgIpc) is 2.50. The van der Waals surface area contributed by atoms with Gasteiger partial charge in [-0.2, -0.15) is 0 Å². The van der Waals surface area contributed by atoms with E-state index in [1.807, 2.05) is 18.2 Å². The molecule has 1 unspecified atom stereocenters. The summed E-state index contributed by atoms with van der Waals surface area (Å²) in [4.78, 5) is 2.38. The van der Waals surface area contributed by atoms with Crippen LogP contribution in [0.5, 0.6) is 0 Å². The first-order valence-electron chi connectivity index (χ1n) is 8.07. The normalized spacial score (nSPS) is 19.1. The van der Waals surface area contributed by atoms with Crippen molar-refractivity contribution in [1.29, 1.82) is 0 Å². The van der Waals surface area contributed by atoms with E-state index in [4.69, 9.17) is 0 Å². The van der Waals surface area contributed by atoms with E-state index in [1.165, 1.54) is 18.4 Å². The topological polar surface area (TPSA) is 35.5 Å². The molecular weight excluding hydrogens is 260 g/mol. The minimum absolute atomic E-state index is 0.275. The monoisotopic (exact) mass is 288 g/mol. The zero-order chi connectivity index (χ0) is 14.9. The summed E-state index contributed by atoms with van der Waals surface area (Å²) in [6, 6.07) is 10.3. The van der Waals surface area contributed by atoms with Gasteiger partial charge >= 0.3 is 0 Å². The summed E-state index contributed by atoms with van der Waals surface area (Å²) in [5, 5.41) is 13.3. The van der Waals surface area contributed by atoms with Crippen molar-refractivity contribution in [3.63, 3.8) is 0 Å². The van der Waals surface area contributed by atoms with Gasteiger partial charge in [0.25, 0.3) is 0 Å². The number of piperidine rings is 1. The Labute approximate surface area is 128 Å². The molecule has 0 aromatic heterocycles. The van der Waals surface area contributed by atoms with Gasteiger partial charge in [-0.25, -0.2) is 0 Å². The van der Waals surface area contributed by atoms with Crippen LogP contribution in [0, 0.1) is 5.92 Å². The molecule has 0 aliphatic carbocycles. The Balaban J connectivity index is 1.57. The highest BCUT2D eigenvalue weighted by Crippen LogP contribution is 2.15. The minimum atomic E-state index is -0.275. The molecule has 1 fully saturated rings. The number of benzene rings is 1. The zero-order valence-electron chi connectivity index (χ0n) is 13.0. The molecule has 0 saturated carbocycles. The summed E-state index contributed by atoms with van der Waals surface area (Å²) in [5.74, 6) is 0.847. The van der Waals surface area contributed by atoms with Gasteiger partial charge < -0.3 is 15.3 Å². The van der Waals surface area contributed by atoms with Gasteiger partial charge in [-0.3, -0.25) is 0 Å². The number of rotatable bonds is 7. The number of nitrogens with one attached hydrogen (secondary N) is 1. The van der Waals surface area contributed by atoms with E-state index < -0.39 is 0 Å². The van der Waals surface area contributed by atoms with Crippen molar-refractivity contribution in [2.45, 2.75) is 25.9 Å². The maximum atomic E-state index is 10.1. The Morgan fingerprint density at radius 1 is 1.29 bits per heavy atom. The maximum Gasteiger partial charge on any atom is 0.0791 e. The Hall–Kier alpha value is -1.16. The van der Waals surface area contributed by atoms with E-state index in [0.717, 1.165) is 32.1 Å². The number of likely N-dealkylation sites (tertiary alicyclic amines) is 1. The maximum absolute atomic E-state index is 10.1. The second kappa shape index (κ2) is 8.98. The lowest BCUT2D eigenvalue weighted by atomic mass is 9.99. The summed E-state index contributed by atoms with van der Waals surface area (Å²) in [6.45, 7) is 6.82. The number of nitrogens with zero attached hydrogens (tertiary/aromatic N) is 1. The molecule has 1 saturated heterocycles. The predicted molar refractivity (Wildman–Crippen MR) is 89.2 cm³/mol. The van der Waals surface area contributed by atoms with Gasteiger partial charge in [0.05, 0.1) is 6.10 Å². The highest BCUT2D eigenvalue weighted by Gasteiger charge is 2.17. The zero-order valence-corrected chi connectivity index (χ0v) is 13.0. The minimum Gasteiger partial charge on any atom is -0.390 e. The summed E-state index contributed by atoms with van der Waals surface area (Å²) < 4.78 is 0. The van der Waals surface area contributed by atoms with Crippen LogP contribution in [0.2, 0.25) is 0 Å². The standard InChI is InChI=1S/C18H28N2O/c1-16-9-12-20(13-10-16)15-18(21)14-19-11-5-8-17-6-3-2-4-7-17/h2-8,16,18-19,21H,9-15H2,1H3. The lowest BCUT2D eigenvalue weighted by Gasteiger charge is -2.31. The molecule has 0 bridgehead atoms. The third-order valence-electron chi connectivity index (χ3n) is 4.10. The van der Waals surface area contributed by atoms with Gasteiger partial charge in [-0.15, -0.1) is 0 Å². The van der Waals surface area contributed by atoms with E-state index >= 15 is 0 Å². The second-order valence-electron chi connectivity index (χ2n) is 6.11. The molecule has 1 aromatic carbocycles. The fourth-order valence-electron chi connectivity index (χ4n) is 2.70. The molecule has 1 atom stereocenters. The number of aliphatic hydroxyl groups is 1. The smallest absolute Gasteiger partial charge is 0.0791 e. The van der Waals surface area contributed by atoms with Crippen LogP contribution in [0.15, 0.2) is 36.4 Å². The van der Waals surface area contributed by atoms with Crippen molar-refractivity contribution in [1.82, 2.24) is 10.2 Å². The summed E-state index contributed by atoms with van der Waals surface area (Å²) >= 11 is 0. The molecule has 1 aromatic rings. The second-order valence-corrected chi connectivity index (χ2v) is 6.11. The van der Waals surface area contributed by atoms with Crippen LogP contribution < -0.4 is 5.32 Å². The Morgan fingerprint density at radius 3 is 2.71 bits per heavy atom. The van der Waals surface area contributed by atoms with Crippen LogP contribution in [0.3, 0.4) is 0 Å². The first-order valence-corrected chi connectivity index (χ1v) is 8.07. The fraction of sp³-hybridized carbons (Fsp3) is 0.556. The molecule has 3 heteroatoms. The van der Waals surface area contributed by atoms with Crippen molar-refractivity contribution in [2.75, 3.05) is 32.7 Å². The van der Waals surface area contributed by atoms with E-state index in [0.29, 0.717) is 6.54 Å². The summed E-state index contributed by atoms with van der Waals surface area (Å²) in [7, 11) is 0. The first kappa shape index (κ1) is 16.2. The molecule has 0 spiro atoms. The summed E-state index contributed by atoms with van der Waals surface area (Å²) in [6.07, 6.45) is 6.46. The lowest BCUT2D eigenvalue weighted by Crippen LogP contribution is -2.41. The van der Waals surface area contributed by atoms with Crippen LogP contribution in [0.25, 0.3) is 6.08 Å². The molecule has 2 rings (SSSR count). The van der Waals surface area contributed by atoms with Gasteiger partial charge in [-0.05, 0) is 37.4 Å². The third-order valence-corrected chi connectivity index (χ3v) is 4.10. The predicted octanol–water partition coefficient (Wildman–Crippen LogP) is 2.38. The van der Waals surface area contributed by atoms with Crippen LogP contribution in [-0.4, -0.2) is 48.8 Å². The van der Waals surface area contributed by atoms with Crippen LogP contribution in [0.1, 0.15) is 25.3 Å². The first-order chi connectivity index (χ1) is 10.2. The SMILES string of the molecule is CC1CCN(CC(O)CNCC=Cc2ccccc2)CC1. The van der Waals surface area contributed by atoms with Gasteiger partial charge in [0.15, 0.2) is 0 Å². The molecule has 116 valence electrons. The number of hydrogen-bond donors (Lipinski definition) is 2. The Morgan fingerprint density at radius 2 is 2.00 bits per heavy atom. The molecule has 21 heavy (non-hydrogen) atoms. The van der Waals surface area contributed by atoms with E-state index in [9.17, 15) is 5.11 Å². The molecular formula is C18H28N2O. The Kier molecular flexibility index (Phi) is 6.93. The highest BCUT2D eigenvalue weighted by atomic mass is 16.3. The van der Waals surface area contributed by atoms with Crippen molar-refractivity contribution < 1.29 is 5.11 Å². The fourth-order valence-corrected chi connectivity index (χ4v) is 2.70. The number of β-amino-alcohol motifs (C(OH)–C–C–N with tert-alkyl or cyclic N) is 1. The van der Waals surface area contributed by atoms with E-state index in [1.54, 1.807) is 0 Å². The van der Waals surface area contributed by atoms with Crippen LogP contribution in [-0.2, 0) is 0 Å². The third kappa shape index (κ3) is 6.42. The molecule has 0 amide bonds. The van der Waals surface area contributed by atoms with Crippen molar-refractivity contribution in [3.8, 4) is 0 Å². The van der Waals surface area contributed by atoms with E-state index in [-0.39, 0.29) is 6.10 Å².